The van der Waals surface area contributed by atoms with Gasteiger partial charge in [0.25, 0.3) is 5.91 Å². The minimum absolute atomic E-state index is 0.0617. The number of rotatable bonds is 7. The molecule has 2 rings (SSSR count). The van der Waals surface area contributed by atoms with E-state index in [1.165, 1.54) is 17.6 Å². The molecular weight excluding hydrogens is 340 g/mol. The highest BCUT2D eigenvalue weighted by Gasteiger charge is 2.26. The third kappa shape index (κ3) is 5.12. The van der Waals surface area contributed by atoms with Crippen molar-refractivity contribution in [1.82, 2.24) is 10.2 Å². The third-order valence-corrected chi connectivity index (χ3v) is 5.19. The molecule has 25 heavy (non-hydrogen) atoms. The van der Waals surface area contributed by atoms with Crippen molar-refractivity contribution in [2.45, 2.75) is 31.2 Å². The highest BCUT2D eigenvalue weighted by molar-refractivity contribution is 7.89. The van der Waals surface area contributed by atoms with Crippen LogP contribution in [0.1, 0.15) is 20.3 Å². The molecule has 134 valence electrons. The largest absolute Gasteiger partial charge is 0.289 e. The van der Waals surface area contributed by atoms with E-state index >= 15 is 0 Å². The molecule has 7 heteroatoms. The molecule has 1 atom stereocenters. The topological polar surface area (TPSA) is 95.5 Å². The molecule has 1 amide bonds. The highest BCUT2D eigenvalue weighted by Crippen LogP contribution is 2.21. The summed E-state index contributed by atoms with van der Waals surface area (Å²) < 4.78 is 27.4. The summed E-state index contributed by atoms with van der Waals surface area (Å²) in [6, 6.07) is 15.0. The predicted molar refractivity (Wildman–Crippen MR) is 95.4 cm³/mol. The maximum absolute atomic E-state index is 12.5. The van der Waals surface area contributed by atoms with Crippen LogP contribution in [0.15, 0.2) is 59.5 Å². The van der Waals surface area contributed by atoms with Crippen LogP contribution in [0.4, 0.5) is 0 Å². The first-order valence-electron chi connectivity index (χ1n) is 7.95. The molecule has 0 saturated heterocycles. The Hall–Kier alpha value is -2.22. The van der Waals surface area contributed by atoms with Crippen LogP contribution in [0.2, 0.25) is 0 Å². The number of nitrogens with one attached hydrogen (secondary N) is 2. The molecule has 0 aromatic heterocycles. The molecule has 0 saturated carbocycles. The smallest absolute Gasteiger partial charge is 0.261 e. The molecule has 6 nitrogen and oxygen atoms in total. The summed E-state index contributed by atoms with van der Waals surface area (Å²) in [4.78, 5) is 11.8. The normalized spacial score (nSPS) is 12.8. The summed E-state index contributed by atoms with van der Waals surface area (Å²) in [5.74, 6) is -0.705. The molecule has 2 aromatic rings. The van der Waals surface area contributed by atoms with E-state index < -0.39 is 22.0 Å². The lowest BCUT2D eigenvalue weighted by Gasteiger charge is -2.18. The number of sulfonamides is 1. The van der Waals surface area contributed by atoms with Gasteiger partial charge in [0.05, 0.1) is 4.90 Å². The molecule has 1 unspecified atom stereocenters. The first-order valence-corrected chi connectivity index (χ1v) is 9.43. The van der Waals surface area contributed by atoms with Crippen molar-refractivity contribution in [2.24, 2.45) is 5.92 Å². The first-order chi connectivity index (χ1) is 11.8. The summed E-state index contributed by atoms with van der Waals surface area (Å²) in [5, 5.41) is 8.81. The number of carbonyl (C=O) groups excluding carboxylic acids is 1. The van der Waals surface area contributed by atoms with Gasteiger partial charge in [-0.25, -0.2) is 13.9 Å². The predicted octanol–water partition coefficient (Wildman–Crippen LogP) is 2.55. The van der Waals surface area contributed by atoms with E-state index in [1.54, 1.807) is 12.1 Å². The van der Waals surface area contributed by atoms with Crippen LogP contribution >= 0.6 is 0 Å². The van der Waals surface area contributed by atoms with Gasteiger partial charge < -0.3 is 0 Å². The second-order valence-corrected chi connectivity index (χ2v) is 7.88. The van der Waals surface area contributed by atoms with Crippen LogP contribution in [-0.2, 0) is 14.8 Å². The maximum Gasteiger partial charge on any atom is 0.261 e. The van der Waals surface area contributed by atoms with Gasteiger partial charge in [0.15, 0.2) is 0 Å². The number of carbonyl (C=O) groups is 1. The maximum atomic E-state index is 12.5. The van der Waals surface area contributed by atoms with Crippen LogP contribution in [0.3, 0.4) is 0 Å². The van der Waals surface area contributed by atoms with Crippen molar-refractivity contribution in [3.63, 3.8) is 0 Å². The monoisotopic (exact) mass is 362 g/mol. The van der Waals surface area contributed by atoms with Gasteiger partial charge in [-0.15, -0.1) is 0 Å². The number of hydrogen-bond acceptors (Lipinski definition) is 4. The lowest BCUT2D eigenvalue weighted by Crippen LogP contribution is -2.46. The average Bonchev–Trinajstić information content (AvgIpc) is 2.60. The van der Waals surface area contributed by atoms with Gasteiger partial charge in [-0.1, -0.05) is 56.3 Å². The van der Waals surface area contributed by atoms with Crippen molar-refractivity contribution in [2.75, 3.05) is 0 Å². The molecule has 0 heterocycles. The van der Waals surface area contributed by atoms with Crippen molar-refractivity contribution >= 4 is 15.9 Å². The van der Waals surface area contributed by atoms with Crippen molar-refractivity contribution < 1.29 is 18.4 Å². The number of benzene rings is 2. The van der Waals surface area contributed by atoms with Crippen LogP contribution in [0.25, 0.3) is 11.1 Å². The Morgan fingerprint density at radius 1 is 1.00 bits per heavy atom. The zero-order valence-corrected chi connectivity index (χ0v) is 15.0. The summed E-state index contributed by atoms with van der Waals surface area (Å²) in [6.07, 6.45) is 0.272. The van der Waals surface area contributed by atoms with Gasteiger partial charge in [-0.3, -0.25) is 10.0 Å². The lowest BCUT2D eigenvalue weighted by molar-refractivity contribution is -0.131. The Balaban J connectivity index is 2.22. The fourth-order valence-corrected chi connectivity index (χ4v) is 3.68. The van der Waals surface area contributed by atoms with E-state index in [-0.39, 0.29) is 17.2 Å². The third-order valence-electron chi connectivity index (χ3n) is 3.70. The van der Waals surface area contributed by atoms with E-state index in [0.717, 1.165) is 11.1 Å². The quantitative estimate of drug-likeness (QED) is 0.521. The Kier molecular flexibility index (Phi) is 6.30. The molecule has 0 bridgehead atoms. The van der Waals surface area contributed by atoms with E-state index in [4.69, 9.17) is 5.21 Å². The average molecular weight is 362 g/mol. The Morgan fingerprint density at radius 2 is 1.56 bits per heavy atom. The van der Waals surface area contributed by atoms with Crippen LogP contribution in [0, 0.1) is 5.92 Å². The Labute approximate surface area is 147 Å². The second kappa shape index (κ2) is 8.24. The molecule has 0 spiro atoms. The van der Waals surface area contributed by atoms with Gasteiger partial charge in [0.1, 0.15) is 6.04 Å². The standard InChI is InChI=1S/C18H22N2O4S/c1-13(2)12-17(18(21)19-22)20-25(23,24)16-10-8-15(9-11-16)14-6-4-3-5-7-14/h3-11,13,17,20,22H,12H2,1-2H3,(H,19,21). The number of amides is 1. The van der Waals surface area contributed by atoms with Gasteiger partial charge >= 0.3 is 0 Å². The summed E-state index contributed by atoms with van der Waals surface area (Å²) in [7, 11) is -3.88. The zero-order valence-electron chi connectivity index (χ0n) is 14.1. The Bertz CT molecular complexity index is 803. The molecule has 3 N–H and O–H groups in total. The van der Waals surface area contributed by atoms with Crippen molar-refractivity contribution in [3.8, 4) is 11.1 Å². The van der Waals surface area contributed by atoms with Gasteiger partial charge in [-0.05, 0) is 35.6 Å². The minimum atomic E-state index is -3.88. The van der Waals surface area contributed by atoms with Crippen molar-refractivity contribution in [1.29, 1.82) is 0 Å². The van der Waals surface area contributed by atoms with E-state index in [2.05, 4.69) is 4.72 Å². The summed E-state index contributed by atoms with van der Waals surface area (Å²) >= 11 is 0. The van der Waals surface area contributed by atoms with Crippen LogP contribution < -0.4 is 10.2 Å². The van der Waals surface area contributed by atoms with Crippen LogP contribution in [-0.4, -0.2) is 25.6 Å². The minimum Gasteiger partial charge on any atom is -0.289 e. The van der Waals surface area contributed by atoms with Gasteiger partial charge in [0.2, 0.25) is 10.0 Å². The summed E-state index contributed by atoms with van der Waals surface area (Å²) in [5.41, 5.74) is 3.39. The SMILES string of the molecule is CC(C)CC(NS(=O)(=O)c1ccc(-c2ccccc2)cc1)C(=O)NO. The lowest BCUT2D eigenvalue weighted by atomic mass is 10.0. The molecule has 0 aliphatic heterocycles. The van der Waals surface area contributed by atoms with Gasteiger partial charge in [0, 0.05) is 0 Å². The van der Waals surface area contributed by atoms with Crippen molar-refractivity contribution in [3.05, 3.63) is 54.6 Å². The fourth-order valence-electron chi connectivity index (χ4n) is 2.47. The van der Waals surface area contributed by atoms with Gasteiger partial charge in [-0.2, -0.15) is 4.72 Å². The molecule has 0 aliphatic rings. The number of hydroxylamine groups is 1. The molecule has 0 radical (unpaired) electrons. The highest BCUT2D eigenvalue weighted by atomic mass is 32.2. The van der Waals surface area contributed by atoms with Crippen LogP contribution in [0.5, 0.6) is 0 Å². The van der Waals surface area contributed by atoms with E-state index in [0.29, 0.717) is 0 Å². The molecular formula is C18H22N2O4S. The summed E-state index contributed by atoms with van der Waals surface area (Å²) in [6.45, 7) is 3.72. The number of hydrogen-bond donors (Lipinski definition) is 3. The molecule has 0 fully saturated rings. The molecule has 2 aromatic carbocycles. The second-order valence-electron chi connectivity index (χ2n) is 6.17. The first kappa shape index (κ1) is 19.1. The zero-order chi connectivity index (χ0) is 18.4. The molecule has 0 aliphatic carbocycles. The van der Waals surface area contributed by atoms with E-state index in [9.17, 15) is 13.2 Å². The van der Waals surface area contributed by atoms with E-state index in [1.807, 2.05) is 44.2 Å². The Morgan fingerprint density at radius 3 is 2.08 bits per heavy atom. The fraction of sp³-hybridized carbons (Fsp3) is 0.278.